The molecule has 2 aromatic carbocycles. The van der Waals surface area contributed by atoms with E-state index in [-0.39, 0.29) is 24.7 Å². The maximum absolute atomic E-state index is 12.3. The summed E-state index contributed by atoms with van der Waals surface area (Å²) in [4.78, 5) is 49.4. The lowest BCUT2D eigenvalue weighted by atomic mass is 10.1. The molecular formula is C22H22N2O6. The Labute approximate surface area is 173 Å². The zero-order valence-corrected chi connectivity index (χ0v) is 16.7. The monoisotopic (exact) mass is 410 g/mol. The highest BCUT2D eigenvalue weighted by molar-refractivity contribution is 6.00. The van der Waals surface area contributed by atoms with Gasteiger partial charge in [-0.25, -0.2) is 0 Å². The van der Waals surface area contributed by atoms with E-state index in [1.807, 2.05) is 0 Å². The second kappa shape index (κ2) is 9.21. The number of hydrogen-bond donors (Lipinski definition) is 1. The number of Topliss-reactive ketones (excluding diaryl/α,β-unsaturated/α-hetero) is 1. The summed E-state index contributed by atoms with van der Waals surface area (Å²) in [6.45, 7) is 1.19. The van der Waals surface area contributed by atoms with E-state index < -0.39 is 24.4 Å². The lowest BCUT2D eigenvalue weighted by Crippen LogP contribution is -2.28. The Morgan fingerprint density at radius 2 is 1.73 bits per heavy atom. The lowest BCUT2D eigenvalue weighted by molar-refractivity contribution is -0.151. The standard InChI is InChI=1S/C22H22N2O6/c1-14(25)15-3-5-17(6-4-15)23-20(26)13-30-22(28)16-11-21(27)24(12-16)18-7-9-19(29-2)10-8-18/h3-10,16H,11-13H2,1-2H3,(H,23,26)/t16-/m0/s1. The van der Waals surface area contributed by atoms with Crippen LogP contribution in [-0.2, 0) is 19.1 Å². The fraction of sp³-hybridized carbons (Fsp3) is 0.273. The number of ketones is 1. The first kappa shape index (κ1) is 21.0. The van der Waals surface area contributed by atoms with Crippen molar-refractivity contribution >= 4 is 34.9 Å². The third kappa shape index (κ3) is 5.02. The molecule has 0 aromatic heterocycles. The number of methoxy groups -OCH3 is 1. The van der Waals surface area contributed by atoms with Crippen molar-refractivity contribution in [2.24, 2.45) is 5.92 Å². The molecule has 0 aliphatic carbocycles. The van der Waals surface area contributed by atoms with Crippen LogP contribution in [0, 0.1) is 5.92 Å². The van der Waals surface area contributed by atoms with Crippen molar-refractivity contribution in [2.75, 3.05) is 30.5 Å². The molecule has 1 atom stereocenters. The van der Waals surface area contributed by atoms with Crippen LogP contribution >= 0.6 is 0 Å². The van der Waals surface area contributed by atoms with E-state index in [0.29, 0.717) is 22.7 Å². The van der Waals surface area contributed by atoms with E-state index >= 15 is 0 Å². The van der Waals surface area contributed by atoms with E-state index in [4.69, 9.17) is 9.47 Å². The normalized spacial score (nSPS) is 15.6. The summed E-state index contributed by atoms with van der Waals surface area (Å²) in [6.07, 6.45) is 0.0268. The molecule has 1 N–H and O–H groups in total. The number of anilines is 2. The van der Waals surface area contributed by atoms with Crippen molar-refractivity contribution in [3.8, 4) is 5.75 Å². The molecule has 30 heavy (non-hydrogen) atoms. The number of rotatable bonds is 7. The summed E-state index contributed by atoms with van der Waals surface area (Å²) in [5, 5.41) is 2.59. The second-order valence-electron chi connectivity index (χ2n) is 6.89. The number of nitrogens with one attached hydrogen (secondary N) is 1. The molecule has 0 bridgehead atoms. The van der Waals surface area contributed by atoms with Crippen LogP contribution < -0.4 is 15.0 Å². The molecule has 1 fully saturated rings. The highest BCUT2D eigenvalue weighted by atomic mass is 16.5. The van der Waals surface area contributed by atoms with Gasteiger partial charge in [0.15, 0.2) is 12.4 Å². The van der Waals surface area contributed by atoms with Crippen LogP contribution in [0.1, 0.15) is 23.7 Å². The highest BCUT2D eigenvalue weighted by Gasteiger charge is 2.36. The van der Waals surface area contributed by atoms with Crippen molar-refractivity contribution in [1.82, 2.24) is 0 Å². The predicted octanol–water partition coefficient (Wildman–Crippen LogP) is 2.43. The van der Waals surface area contributed by atoms with Gasteiger partial charge in [-0.05, 0) is 55.5 Å². The number of esters is 1. The largest absolute Gasteiger partial charge is 0.497 e. The summed E-state index contributed by atoms with van der Waals surface area (Å²) >= 11 is 0. The maximum Gasteiger partial charge on any atom is 0.311 e. The van der Waals surface area contributed by atoms with Crippen molar-refractivity contribution < 1.29 is 28.7 Å². The van der Waals surface area contributed by atoms with Gasteiger partial charge in [-0.3, -0.25) is 19.2 Å². The zero-order chi connectivity index (χ0) is 21.7. The molecular weight excluding hydrogens is 388 g/mol. The van der Waals surface area contributed by atoms with Gasteiger partial charge in [0, 0.05) is 29.9 Å². The topological polar surface area (TPSA) is 102 Å². The molecule has 1 saturated heterocycles. The average molecular weight is 410 g/mol. The van der Waals surface area contributed by atoms with Gasteiger partial charge < -0.3 is 19.7 Å². The minimum absolute atomic E-state index is 0.0268. The van der Waals surface area contributed by atoms with Crippen LogP contribution in [0.15, 0.2) is 48.5 Å². The predicted molar refractivity (Wildman–Crippen MR) is 109 cm³/mol. The molecule has 0 radical (unpaired) electrons. The lowest BCUT2D eigenvalue weighted by Gasteiger charge is -2.16. The number of benzene rings is 2. The van der Waals surface area contributed by atoms with Crippen LogP contribution in [0.25, 0.3) is 0 Å². The molecule has 156 valence electrons. The Morgan fingerprint density at radius 3 is 2.33 bits per heavy atom. The van der Waals surface area contributed by atoms with Gasteiger partial charge in [-0.15, -0.1) is 0 Å². The van der Waals surface area contributed by atoms with Crippen LogP contribution in [0.5, 0.6) is 5.75 Å². The van der Waals surface area contributed by atoms with Crippen LogP contribution in [0.4, 0.5) is 11.4 Å². The summed E-state index contributed by atoms with van der Waals surface area (Å²) in [6, 6.07) is 13.4. The molecule has 0 saturated carbocycles. The number of amides is 2. The van der Waals surface area contributed by atoms with E-state index in [1.165, 1.54) is 11.8 Å². The van der Waals surface area contributed by atoms with Gasteiger partial charge >= 0.3 is 5.97 Å². The van der Waals surface area contributed by atoms with E-state index in [0.717, 1.165) is 0 Å². The second-order valence-corrected chi connectivity index (χ2v) is 6.89. The summed E-state index contributed by atoms with van der Waals surface area (Å²) in [5.41, 5.74) is 1.69. The van der Waals surface area contributed by atoms with Crippen molar-refractivity contribution in [3.63, 3.8) is 0 Å². The van der Waals surface area contributed by atoms with Gasteiger partial charge in [-0.1, -0.05) is 0 Å². The van der Waals surface area contributed by atoms with Gasteiger partial charge in [0.05, 0.1) is 13.0 Å². The Morgan fingerprint density at radius 1 is 1.07 bits per heavy atom. The van der Waals surface area contributed by atoms with Gasteiger partial charge in [0.25, 0.3) is 5.91 Å². The molecule has 1 heterocycles. The Balaban J connectivity index is 1.50. The van der Waals surface area contributed by atoms with Gasteiger partial charge in [0.2, 0.25) is 5.91 Å². The Hall–Kier alpha value is -3.68. The van der Waals surface area contributed by atoms with Crippen LogP contribution in [0.2, 0.25) is 0 Å². The Kier molecular flexibility index (Phi) is 6.46. The fourth-order valence-electron chi connectivity index (χ4n) is 3.12. The SMILES string of the molecule is COc1ccc(N2C[C@@H](C(=O)OCC(=O)Nc3ccc(C(C)=O)cc3)CC2=O)cc1. The van der Waals surface area contributed by atoms with Crippen LogP contribution in [0.3, 0.4) is 0 Å². The molecule has 3 rings (SSSR count). The number of hydrogen-bond acceptors (Lipinski definition) is 6. The van der Waals surface area contributed by atoms with Gasteiger partial charge in [-0.2, -0.15) is 0 Å². The average Bonchev–Trinajstić information content (AvgIpc) is 3.14. The summed E-state index contributed by atoms with van der Waals surface area (Å²) in [5.74, 6) is -1.32. The van der Waals surface area contributed by atoms with Crippen LogP contribution in [-0.4, -0.2) is 43.8 Å². The molecule has 8 nitrogen and oxygen atoms in total. The minimum atomic E-state index is -0.637. The zero-order valence-electron chi connectivity index (χ0n) is 16.7. The van der Waals surface area contributed by atoms with Crippen molar-refractivity contribution in [2.45, 2.75) is 13.3 Å². The molecule has 1 aliphatic heterocycles. The van der Waals surface area contributed by atoms with E-state index in [2.05, 4.69) is 5.32 Å². The first-order valence-electron chi connectivity index (χ1n) is 9.39. The molecule has 2 aromatic rings. The van der Waals surface area contributed by atoms with E-state index in [9.17, 15) is 19.2 Å². The first-order chi connectivity index (χ1) is 14.4. The van der Waals surface area contributed by atoms with Crippen molar-refractivity contribution in [3.05, 3.63) is 54.1 Å². The number of carbonyl (C=O) groups excluding carboxylic acids is 4. The molecule has 0 spiro atoms. The first-order valence-corrected chi connectivity index (χ1v) is 9.39. The molecule has 8 heteroatoms. The maximum atomic E-state index is 12.3. The van der Waals surface area contributed by atoms with Crippen molar-refractivity contribution in [1.29, 1.82) is 0 Å². The van der Waals surface area contributed by atoms with E-state index in [1.54, 1.807) is 55.6 Å². The summed E-state index contributed by atoms with van der Waals surface area (Å²) in [7, 11) is 1.55. The number of nitrogens with zero attached hydrogens (tertiary/aromatic N) is 1. The summed E-state index contributed by atoms with van der Waals surface area (Å²) < 4.78 is 10.2. The quantitative estimate of drug-likeness (QED) is 0.556. The third-order valence-electron chi connectivity index (χ3n) is 4.76. The smallest absolute Gasteiger partial charge is 0.311 e. The number of carbonyl (C=O) groups is 4. The Bertz CT molecular complexity index is 953. The minimum Gasteiger partial charge on any atom is -0.497 e. The number of ether oxygens (including phenoxy) is 2. The fourth-order valence-corrected chi connectivity index (χ4v) is 3.12. The molecule has 1 aliphatic rings. The molecule has 0 unspecified atom stereocenters. The highest BCUT2D eigenvalue weighted by Crippen LogP contribution is 2.27. The van der Waals surface area contributed by atoms with Gasteiger partial charge in [0.1, 0.15) is 5.75 Å². The third-order valence-corrected chi connectivity index (χ3v) is 4.76. The molecule has 2 amide bonds.